The van der Waals surface area contributed by atoms with Crippen LogP contribution in [0.4, 0.5) is 5.82 Å². The normalized spacial score (nSPS) is 7.50. The first-order chi connectivity index (χ1) is 3.39. The van der Waals surface area contributed by atoms with Crippen molar-refractivity contribution in [2.45, 2.75) is 0 Å². The van der Waals surface area contributed by atoms with Crippen LogP contribution in [0.3, 0.4) is 0 Å². The van der Waals surface area contributed by atoms with Gasteiger partial charge in [-0.05, 0) is 0 Å². The van der Waals surface area contributed by atoms with Gasteiger partial charge < -0.3 is 10.7 Å². The van der Waals surface area contributed by atoms with Gasteiger partial charge in [-0.15, -0.1) is 0 Å². The van der Waals surface area contributed by atoms with Gasteiger partial charge in [-0.3, -0.25) is 0 Å². The van der Waals surface area contributed by atoms with Crippen LogP contribution >= 0.6 is 0 Å². The van der Waals surface area contributed by atoms with Crippen molar-refractivity contribution in [3.8, 4) is 0 Å². The van der Waals surface area contributed by atoms with E-state index in [1.54, 1.807) is 24.4 Å². The van der Waals surface area contributed by atoms with E-state index in [-0.39, 0.29) is 29.6 Å². The van der Waals surface area contributed by atoms with E-state index in [4.69, 9.17) is 5.73 Å². The topological polar surface area (TPSA) is 36.7 Å². The molecule has 0 aliphatic rings. The van der Waals surface area contributed by atoms with Gasteiger partial charge in [0.15, 0.2) is 0 Å². The van der Waals surface area contributed by atoms with E-state index in [2.05, 4.69) is 4.98 Å². The molecule has 1 aromatic rings. The Morgan fingerprint density at radius 1 is 1.38 bits per heavy atom. The Bertz CT molecular complexity index is 140. The van der Waals surface area contributed by atoms with Crippen LogP contribution in [0.15, 0.2) is 24.4 Å². The first kappa shape index (κ1) is 7.95. The summed E-state index contributed by atoms with van der Waals surface area (Å²) >= 11 is 0. The van der Waals surface area contributed by atoms with Gasteiger partial charge in [0.1, 0.15) is 0 Å². The number of hydrogen-bond acceptors (Lipinski definition) is 1. The Labute approximate surface area is 70.4 Å². The number of rotatable bonds is 0. The predicted molar refractivity (Wildman–Crippen MR) is 28.2 cm³/mol. The zero-order valence-electron chi connectivity index (χ0n) is 4.76. The summed E-state index contributed by atoms with van der Waals surface area (Å²) in [6.45, 7) is 0. The van der Waals surface area contributed by atoms with Crippen LogP contribution in [0.5, 0.6) is 0 Å². The van der Waals surface area contributed by atoms with Gasteiger partial charge in [0.2, 0.25) is 0 Å². The van der Waals surface area contributed by atoms with Crippen molar-refractivity contribution in [1.82, 2.24) is 4.98 Å². The summed E-state index contributed by atoms with van der Waals surface area (Å²) < 4.78 is 0. The van der Waals surface area contributed by atoms with Gasteiger partial charge in [0.05, 0.1) is 0 Å². The average molecular weight is 116 g/mol. The quantitative estimate of drug-likeness (QED) is 0.391. The zero-order chi connectivity index (χ0) is 5.11. The monoisotopic (exact) mass is 116 g/mol. The molecule has 3 heteroatoms. The van der Waals surface area contributed by atoms with Crippen molar-refractivity contribution >= 4 is 5.82 Å². The number of pyridine rings is 1. The molecular weight excluding hydrogens is 111 g/mol. The van der Waals surface area contributed by atoms with E-state index in [0.29, 0.717) is 5.82 Å². The first-order valence-corrected chi connectivity index (χ1v) is 2.02. The molecule has 0 fully saturated rings. The Balaban J connectivity index is 0.000000490. The maximum atomic E-state index is 6.88. The van der Waals surface area contributed by atoms with E-state index in [1.807, 2.05) is 0 Å². The molecule has 0 atom stereocenters. The molecular formula is C5H5N2Na. The summed E-state index contributed by atoms with van der Waals surface area (Å²) in [6.07, 6.45) is 1.60. The van der Waals surface area contributed by atoms with E-state index in [1.165, 1.54) is 0 Å². The molecule has 2 nitrogen and oxygen atoms in total. The maximum absolute atomic E-state index is 6.88. The number of aromatic nitrogens is 1. The van der Waals surface area contributed by atoms with Crippen LogP contribution < -0.4 is 29.6 Å². The first-order valence-electron chi connectivity index (χ1n) is 2.02. The van der Waals surface area contributed by atoms with E-state index in [0.717, 1.165) is 0 Å². The third kappa shape index (κ3) is 2.31. The van der Waals surface area contributed by atoms with Crippen LogP contribution in [-0.4, -0.2) is 4.98 Å². The van der Waals surface area contributed by atoms with Gasteiger partial charge in [-0.1, -0.05) is 30.2 Å². The fraction of sp³-hybridized carbons (Fsp3) is 0. The molecule has 0 radical (unpaired) electrons. The molecule has 36 valence electrons. The minimum Gasteiger partial charge on any atom is -0.482 e. The molecule has 0 aromatic carbocycles. The van der Waals surface area contributed by atoms with Crippen molar-refractivity contribution in [2.75, 3.05) is 0 Å². The SMILES string of the molecule is [NH-]c1ccccn1.[Na+]. The second-order valence-corrected chi connectivity index (χ2v) is 1.21. The second kappa shape index (κ2) is 3.89. The molecule has 1 heterocycles. The maximum Gasteiger partial charge on any atom is 1.00 e. The van der Waals surface area contributed by atoms with Gasteiger partial charge in [-0.2, -0.15) is 0 Å². The van der Waals surface area contributed by atoms with Crippen molar-refractivity contribution in [2.24, 2.45) is 0 Å². The van der Waals surface area contributed by atoms with E-state index < -0.39 is 0 Å². The average Bonchev–Trinajstić information content (AvgIpc) is 1.69. The van der Waals surface area contributed by atoms with Crippen LogP contribution in [0, 0.1) is 0 Å². The number of hydrogen-bond donors (Lipinski definition) is 0. The van der Waals surface area contributed by atoms with E-state index in [9.17, 15) is 0 Å². The molecule has 8 heavy (non-hydrogen) atoms. The van der Waals surface area contributed by atoms with Gasteiger partial charge in [0, 0.05) is 0 Å². The fourth-order valence-corrected chi connectivity index (χ4v) is 0.363. The summed E-state index contributed by atoms with van der Waals surface area (Å²) in [6, 6.07) is 5.22. The van der Waals surface area contributed by atoms with Crippen LogP contribution in [0.1, 0.15) is 0 Å². The zero-order valence-corrected chi connectivity index (χ0v) is 6.76. The minimum absolute atomic E-state index is 0. The molecule has 1 aromatic heterocycles. The van der Waals surface area contributed by atoms with Crippen molar-refractivity contribution < 1.29 is 29.6 Å². The number of nitrogens with one attached hydrogen (secondary N) is 1. The van der Waals surface area contributed by atoms with Crippen molar-refractivity contribution in [3.05, 3.63) is 30.1 Å². The molecule has 0 aliphatic carbocycles. The smallest absolute Gasteiger partial charge is 0.482 e. The molecule has 1 N–H and O–H groups in total. The summed E-state index contributed by atoms with van der Waals surface area (Å²) in [5.41, 5.74) is 6.88. The molecule has 0 saturated heterocycles. The number of nitrogens with zero attached hydrogens (tertiary/aromatic N) is 1. The second-order valence-electron chi connectivity index (χ2n) is 1.21. The van der Waals surface area contributed by atoms with Crippen LogP contribution in [0.25, 0.3) is 5.73 Å². The summed E-state index contributed by atoms with van der Waals surface area (Å²) in [4.78, 5) is 3.65. The summed E-state index contributed by atoms with van der Waals surface area (Å²) in [5.74, 6) is 0.322. The molecule has 0 unspecified atom stereocenters. The minimum atomic E-state index is 0. The predicted octanol–water partition coefficient (Wildman–Crippen LogP) is -1.23. The van der Waals surface area contributed by atoms with Gasteiger partial charge in [0.25, 0.3) is 0 Å². The summed E-state index contributed by atoms with van der Waals surface area (Å²) in [7, 11) is 0. The molecule has 1 rings (SSSR count). The largest absolute Gasteiger partial charge is 1.00 e. The standard InChI is InChI=1S/C5H5N2.Na/c6-5-3-1-2-4-7-5;/h1-4H,(H-,6,7);/q-1;+1. The molecule has 0 saturated carbocycles. The molecule has 0 aliphatic heterocycles. The molecule has 0 spiro atoms. The Kier molecular flexibility index (Phi) is 3.87. The van der Waals surface area contributed by atoms with Crippen molar-refractivity contribution in [1.29, 1.82) is 0 Å². The van der Waals surface area contributed by atoms with Crippen LogP contribution in [0.2, 0.25) is 0 Å². The Hall–Kier alpha value is -0.0500. The van der Waals surface area contributed by atoms with Crippen molar-refractivity contribution in [3.63, 3.8) is 0 Å². The van der Waals surface area contributed by atoms with Gasteiger partial charge >= 0.3 is 29.6 Å². The fourth-order valence-electron chi connectivity index (χ4n) is 0.363. The molecule has 0 amide bonds. The third-order valence-electron chi connectivity index (χ3n) is 0.665. The third-order valence-corrected chi connectivity index (χ3v) is 0.665. The Morgan fingerprint density at radius 2 is 2.12 bits per heavy atom. The Morgan fingerprint density at radius 3 is 2.38 bits per heavy atom. The summed E-state index contributed by atoms with van der Waals surface area (Å²) in [5, 5.41) is 0. The van der Waals surface area contributed by atoms with Gasteiger partial charge in [-0.25, -0.2) is 0 Å². The van der Waals surface area contributed by atoms with Crippen LogP contribution in [-0.2, 0) is 0 Å². The molecule has 0 bridgehead atoms. The van der Waals surface area contributed by atoms with E-state index >= 15 is 0 Å².